The zero-order valence-electron chi connectivity index (χ0n) is 8.06. The molecule has 0 heterocycles. The fourth-order valence-electron chi connectivity index (χ4n) is 0.915. The van der Waals surface area contributed by atoms with Gasteiger partial charge >= 0.3 is 5.97 Å². The summed E-state index contributed by atoms with van der Waals surface area (Å²) in [5, 5.41) is 0. The van der Waals surface area contributed by atoms with Crippen molar-refractivity contribution >= 4 is 18.1 Å². The molecule has 0 spiro atoms. The van der Waals surface area contributed by atoms with E-state index in [1.807, 2.05) is 0 Å². The third-order valence-corrected chi connectivity index (χ3v) is 1.60. The summed E-state index contributed by atoms with van der Waals surface area (Å²) in [7, 11) is 2.87. The molecule has 0 aromatic heterocycles. The van der Waals surface area contributed by atoms with Gasteiger partial charge in [-0.05, 0) is 24.3 Å². The number of aliphatic imine (C=N–C) groups is 1. The molecule has 1 aromatic carbocycles. The normalized spacial score (nSPS) is 10.1. The van der Waals surface area contributed by atoms with E-state index in [0.717, 1.165) is 5.69 Å². The highest BCUT2D eigenvalue weighted by Gasteiger charge is 2.03. The number of hydrogen-bond donors (Lipinski definition) is 0. The highest BCUT2D eigenvalue weighted by molar-refractivity contribution is 5.89. The summed E-state index contributed by atoms with van der Waals surface area (Å²) < 4.78 is 9.22. The molecule has 0 aliphatic rings. The molecule has 1 rings (SSSR count). The lowest BCUT2D eigenvalue weighted by Gasteiger charge is -1.98. The van der Waals surface area contributed by atoms with Crippen LogP contribution in [-0.2, 0) is 9.47 Å². The number of hydrogen-bond acceptors (Lipinski definition) is 4. The van der Waals surface area contributed by atoms with Crippen LogP contribution < -0.4 is 0 Å². The Morgan fingerprint density at radius 2 is 1.93 bits per heavy atom. The lowest BCUT2D eigenvalue weighted by Crippen LogP contribution is -1.99. The Morgan fingerprint density at radius 1 is 1.29 bits per heavy atom. The summed E-state index contributed by atoms with van der Waals surface area (Å²) in [5.74, 6) is -0.354. The summed E-state index contributed by atoms with van der Waals surface area (Å²) in [4.78, 5) is 15.0. The molecule has 4 heteroatoms. The van der Waals surface area contributed by atoms with Crippen molar-refractivity contribution in [1.82, 2.24) is 0 Å². The number of rotatable bonds is 3. The fraction of sp³-hybridized carbons (Fsp3) is 0.200. The molecule has 0 amide bonds. The van der Waals surface area contributed by atoms with Crippen LogP contribution in [-0.4, -0.2) is 26.6 Å². The number of ether oxygens (including phenoxy) is 2. The number of methoxy groups -OCH3 is 2. The molecule has 0 saturated heterocycles. The second-order valence-electron chi connectivity index (χ2n) is 2.51. The zero-order valence-corrected chi connectivity index (χ0v) is 8.06. The molecule has 0 N–H and O–H groups in total. The predicted octanol–water partition coefficient (Wildman–Crippen LogP) is 1.78. The number of esters is 1. The predicted molar refractivity (Wildman–Crippen MR) is 52.9 cm³/mol. The van der Waals surface area contributed by atoms with Gasteiger partial charge in [0.25, 0.3) is 0 Å². The lowest BCUT2D eigenvalue weighted by molar-refractivity contribution is 0.0601. The molecule has 0 bridgehead atoms. The minimum absolute atomic E-state index is 0.354. The lowest BCUT2D eigenvalue weighted by atomic mass is 10.2. The van der Waals surface area contributed by atoms with E-state index in [-0.39, 0.29) is 5.97 Å². The summed E-state index contributed by atoms with van der Waals surface area (Å²) in [6.45, 7) is 0. The van der Waals surface area contributed by atoms with Crippen molar-refractivity contribution in [3.8, 4) is 0 Å². The van der Waals surface area contributed by atoms with Crippen molar-refractivity contribution in [3.05, 3.63) is 29.8 Å². The fourth-order valence-corrected chi connectivity index (χ4v) is 0.915. The summed E-state index contributed by atoms with van der Waals surface area (Å²) in [5.41, 5.74) is 1.23. The average molecular weight is 193 g/mol. The van der Waals surface area contributed by atoms with E-state index in [9.17, 15) is 4.79 Å². The molecule has 0 unspecified atom stereocenters. The standard InChI is InChI=1S/C10H11NO3/c1-13-7-11-9-5-3-8(4-6-9)10(12)14-2/h3-7H,1-2H3. The third-order valence-electron chi connectivity index (χ3n) is 1.60. The smallest absolute Gasteiger partial charge is 0.337 e. The van der Waals surface area contributed by atoms with Gasteiger partial charge in [-0.2, -0.15) is 0 Å². The zero-order chi connectivity index (χ0) is 10.4. The Balaban J connectivity index is 2.78. The molecule has 0 fully saturated rings. The van der Waals surface area contributed by atoms with Gasteiger partial charge in [-0.1, -0.05) is 0 Å². The monoisotopic (exact) mass is 193 g/mol. The molecular weight excluding hydrogens is 182 g/mol. The van der Waals surface area contributed by atoms with Crippen LogP contribution in [0.4, 0.5) is 5.69 Å². The highest BCUT2D eigenvalue weighted by Crippen LogP contribution is 2.12. The minimum Gasteiger partial charge on any atom is -0.486 e. The first-order valence-corrected chi connectivity index (χ1v) is 4.01. The molecule has 0 aliphatic heterocycles. The Bertz CT molecular complexity index is 330. The highest BCUT2D eigenvalue weighted by atomic mass is 16.5. The maximum Gasteiger partial charge on any atom is 0.337 e. The van der Waals surface area contributed by atoms with Gasteiger partial charge in [0, 0.05) is 0 Å². The van der Waals surface area contributed by atoms with E-state index >= 15 is 0 Å². The van der Waals surface area contributed by atoms with Crippen molar-refractivity contribution in [2.75, 3.05) is 14.2 Å². The van der Waals surface area contributed by atoms with Crippen LogP contribution in [0, 0.1) is 0 Å². The van der Waals surface area contributed by atoms with Crippen LogP contribution in [0.2, 0.25) is 0 Å². The topological polar surface area (TPSA) is 47.9 Å². The van der Waals surface area contributed by atoms with E-state index in [1.165, 1.54) is 20.6 Å². The van der Waals surface area contributed by atoms with E-state index < -0.39 is 0 Å². The van der Waals surface area contributed by atoms with Gasteiger partial charge in [0.15, 0.2) is 6.40 Å². The Labute approximate surface area is 82.2 Å². The number of carbonyl (C=O) groups excluding carboxylic acids is 1. The number of nitrogens with zero attached hydrogens (tertiary/aromatic N) is 1. The van der Waals surface area contributed by atoms with Crippen LogP contribution in [0.5, 0.6) is 0 Å². The molecule has 1 aromatic rings. The molecule has 14 heavy (non-hydrogen) atoms. The van der Waals surface area contributed by atoms with Gasteiger partial charge in [-0.25, -0.2) is 9.79 Å². The largest absolute Gasteiger partial charge is 0.486 e. The molecular formula is C10H11NO3. The maximum atomic E-state index is 11.1. The van der Waals surface area contributed by atoms with Crippen molar-refractivity contribution in [2.24, 2.45) is 4.99 Å². The first-order chi connectivity index (χ1) is 6.77. The van der Waals surface area contributed by atoms with Crippen molar-refractivity contribution in [3.63, 3.8) is 0 Å². The van der Waals surface area contributed by atoms with Crippen LogP contribution in [0.15, 0.2) is 29.3 Å². The van der Waals surface area contributed by atoms with Crippen molar-refractivity contribution in [2.45, 2.75) is 0 Å². The van der Waals surface area contributed by atoms with E-state index in [1.54, 1.807) is 24.3 Å². The molecule has 0 atom stereocenters. The van der Waals surface area contributed by atoms with Crippen LogP contribution in [0.3, 0.4) is 0 Å². The SMILES string of the molecule is COC=Nc1ccc(C(=O)OC)cc1. The van der Waals surface area contributed by atoms with Crippen molar-refractivity contribution < 1.29 is 14.3 Å². The van der Waals surface area contributed by atoms with Gasteiger partial charge in [-0.3, -0.25) is 0 Å². The molecule has 74 valence electrons. The second-order valence-corrected chi connectivity index (χ2v) is 2.51. The second kappa shape index (κ2) is 5.01. The molecule has 0 aliphatic carbocycles. The van der Waals surface area contributed by atoms with Crippen molar-refractivity contribution in [1.29, 1.82) is 0 Å². The molecule has 4 nitrogen and oxygen atoms in total. The average Bonchev–Trinajstić information content (AvgIpc) is 2.26. The quantitative estimate of drug-likeness (QED) is 0.417. The Hall–Kier alpha value is -1.84. The molecule has 0 saturated carbocycles. The van der Waals surface area contributed by atoms with E-state index in [2.05, 4.69) is 14.5 Å². The van der Waals surface area contributed by atoms with Crippen LogP contribution in [0.25, 0.3) is 0 Å². The van der Waals surface area contributed by atoms with Crippen LogP contribution in [0.1, 0.15) is 10.4 Å². The maximum absolute atomic E-state index is 11.1. The van der Waals surface area contributed by atoms with Gasteiger partial charge < -0.3 is 9.47 Å². The molecule has 0 radical (unpaired) electrons. The van der Waals surface area contributed by atoms with Crippen LogP contribution >= 0.6 is 0 Å². The van der Waals surface area contributed by atoms with Gasteiger partial charge in [0.2, 0.25) is 0 Å². The Morgan fingerprint density at radius 3 is 2.43 bits per heavy atom. The Kier molecular flexibility index (Phi) is 3.67. The van der Waals surface area contributed by atoms with Gasteiger partial charge in [-0.15, -0.1) is 0 Å². The summed E-state index contributed by atoms with van der Waals surface area (Å²) >= 11 is 0. The number of carbonyl (C=O) groups is 1. The summed E-state index contributed by atoms with van der Waals surface area (Å²) in [6.07, 6.45) is 1.33. The van der Waals surface area contributed by atoms with Gasteiger partial charge in [0.1, 0.15) is 0 Å². The van der Waals surface area contributed by atoms with Gasteiger partial charge in [0.05, 0.1) is 25.5 Å². The summed E-state index contributed by atoms with van der Waals surface area (Å²) in [6, 6.07) is 6.71. The number of benzene rings is 1. The first kappa shape index (κ1) is 10.2. The van der Waals surface area contributed by atoms with E-state index in [4.69, 9.17) is 0 Å². The first-order valence-electron chi connectivity index (χ1n) is 4.01. The van der Waals surface area contributed by atoms with E-state index in [0.29, 0.717) is 5.56 Å². The minimum atomic E-state index is -0.354. The third kappa shape index (κ3) is 2.58.